The first-order valence-electron chi connectivity index (χ1n) is 4.82. The van der Waals surface area contributed by atoms with Crippen molar-refractivity contribution < 1.29 is 0 Å². The third kappa shape index (κ3) is 2.19. The van der Waals surface area contributed by atoms with Gasteiger partial charge in [0.15, 0.2) is 0 Å². The summed E-state index contributed by atoms with van der Waals surface area (Å²) < 4.78 is 0. The van der Waals surface area contributed by atoms with Crippen LogP contribution in [0.3, 0.4) is 0 Å². The average molecular weight is 171 g/mol. The lowest BCUT2D eigenvalue weighted by atomic mass is 10.1. The summed E-state index contributed by atoms with van der Waals surface area (Å²) in [5.74, 6) is 0.675. The van der Waals surface area contributed by atoms with Crippen LogP contribution >= 0.6 is 0 Å². The van der Waals surface area contributed by atoms with Crippen molar-refractivity contribution in [2.75, 3.05) is 13.3 Å². The second-order valence-corrected chi connectivity index (χ2v) is 4.09. The zero-order chi connectivity index (χ0) is 9.14. The van der Waals surface area contributed by atoms with E-state index < -0.39 is 0 Å². The molecule has 1 fully saturated rings. The van der Waals surface area contributed by atoms with Crippen molar-refractivity contribution in [3.8, 4) is 0 Å². The van der Waals surface area contributed by atoms with Crippen molar-refractivity contribution in [1.82, 2.24) is 15.5 Å². The van der Waals surface area contributed by atoms with Crippen LogP contribution in [0.15, 0.2) is 0 Å². The standard InChI is InChI=1S/C9H21N3/c1-7(2)9-11-5-10-6-12(9)8(3)4/h7-11H,5-6H2,1-4H3. The second kappa shape index (κ2) is 4.21. The molecule has 1 saturated heterocycles. The summed E-state index contributed by atoms with van der Waals surface area (Å²) in [5, 5.41) is 6.78. The molecule has 0 spiro atoms. The van der Waals surface area contributed by atoms with Gasteiger partial charge in [0.05, 0.1) is 12.8 Å². The maximum atomic E-state index is 3.46. The molecular formula is C9H21N3. The molecule has 0 aromatic carbocycles. The molecule has 0 amide bonds. The van der Waals surface area contributed by atoms with Gasteiger partial charge < -0.3 is 0 Å². The number of nitrogens with zero attached hydrogens (tertiary/aromatic N) is 1. The van der Waals surface area contributed by atoms with Crippen LogP contribution in [-0.2, 0) is 0 Å². The molecule has 1 heterocycles. The largest absolute Gasteiger partial charge is 0.292 e. The molecule has 0 bridgehead atoms. The van der Waals surface area contributed by atoms with E-state index in [0.717, 1.165) is 13.3 Å². The second-order valence-electron chi connectivity index (χ2n) is 4.09. The quantitative estimate of drug-likeness (QED) is 0.643. The van der Waals surface area contributed by atoms with E-state index >= 15 is 0 Å². The fourth-order valence-electron chi connectivity index (χ4n) is 1.70. The third-order valence-electron chi connectivity index (χ3n) is 2.38. The molecule has 12 heavy (non-hydrogen) atoms. The van der Waals surface area contributed by atoms with Crippen molar-refractivity contribution in [1.29, 1.82) is 0 Å². The van der Waals surface area contributed by atoms with Crippen molar-refractivity contribution in [3.63, 3.8) is 0 Å². The number of rotatable bonds is 2. The Morgan fingerprint density at radius 1 is 1.25 bits per heavy atom. The van der Waals surface area contributed by atoms with Gasteiger partial charge in [0, 0.05) is 12.7 Å². The van der Waals surface area contributed by atoms with Gasteiger partial charge in [0.25, 0.3) is 0 Å². The van der Waals surface area contributed by atoms with Crippen LogP contribution in [0.4, 0.5) is 0 Å². The molecule has 3 heteroatoms. The van der Waals surface area contributed by atoms with Crippen LogP contribution in [0.1, 0.15) is 27.7 Å². The Morgan fingerprint density at radius 2 is 1.92 bits per heavy atom. The van der Waals surface area contributed by atoms with Crippen LogP contribution in [0.2, 0.25) is 0 Å². The highest BCUT2D eigenvalue weighted by Gasteiger charge is 2.25. The molecule has 0 saturated carbocycles. The molecule has 1 unspecified atom stereocenters. The zero-order valence-corrected chi connectivity index (χ0v) is 8.59. The molecule has 2 N–H and O–H groups in total. The van der Waals surface area contributed by atoms with E-state index in [0.29, 0.717) is 18.1 Å². The molecule has 1 rings (SSSR count). The van der Waals surface area contributed by atoms with Gasteiger partial charge in [-0.25, -0.2) is 0 Å². The molecule has 0 aromatic rings. The van der Waals surface area contributed by atoms with Crippen LogP contribution < -0.4 is 10.6 Å². The van der Waals surface area contributed by atoms with Crippen LogP contribution in [0.5, 0.6) is 0 Å². The summed E-state index contributed by atoms with van der Waals surface area (Å²) in [4.78, 5) is 2.45. The Labute approximate surface area is 75.5 Å². The fourth-order valence-corrected chi connectivity index (χ4v) is 1.70. The minimum Gasteiger partial charge on any atom is -0.292 e. The van der Waals surface area contributed by atoms with E-state index in [1.807, 2.05) is 0 Å². The zero-order valence-electron chi connectivity index (χ0n) is 8.59. The maximum absolute atomic E-state index is 3.46. The Kier molecular flexibility index (Phi) is 3.50. The molecule has 72 valence electrons. The van der Waals surface area contributed by atoms with Crippen LogP contribution in [0, 0.1) is 5.92 Å². The summed E-state index contributed by atoms with van der Waals surface area (Å²) in [7, 11) is 0. The van der Waals surface area contributed by atoms with Crippen molar-refractivity contribution in [2.45, 2.75) is 39.9 Å². The van der Waals surface area contributed by atoms with Gasteiger partial charge in [-0.05, 0) is 19.8 Å². The Hall–Kier alpha value is -0.120. The molecule has 3 nitrogen and oxygen atoms in total. The van der Waals surface area contributed by atoms with E-state index in [9.17, 15) is 0 Å². The first-order chi connectivity index (χ1) is 5.63. The fraction of sp³-hybridized carbons (Fsp3) is 1.00. The molecule has 0 aliphatic carbocycles. The molecular weight excluding hydrogens is 150 g/mol. The summed E-state index contributed by atoms with van der Waals surface area (Å²) in [5.41, 5.74) is 0. The lowest BCUT2D eigenvalue weighted by molar-refractivity contribution is 0.0504. The average Bonchev–Trinajstić information content (AvgIpc) is 2.04. The first-order valence-corrected chi connectivity index (χ1v) is 4.82. The summed E-state index contributed by atoms with van der Waals surface area (Å²) in [6.45, 7) is 10.9. The molecule has 1 aliphatic heterocycles. The highest BCUT2D eigenvalue weighted by Crippen LogP contribution is 2.12. The Bertz CT molecular complexity index is 118. The van der Waals surface area contributed by atoms with E-state index in [4.69, 9.17) is 0 Å². The SMILES string of the molecule is CC(C)C1NCNCN1C(C)C. The molecule has 0 radical (unpaired) electrons. The predicted molar refractivity (Wildman–Crippen MR) is 51.6 cm³/mol. The minimum atomic E-state index is 0.534. The normalized spacial score (nSPS) is 27.0. The summed E-state index contributed by atoms with van der Waals surface area (Å²) in [6.07, 6.45) is 0.534. The van der Waals surface area contributed by atoms with Crippen molar-refractivity contribution >= 4 is 0 Å². The van der Waals surface area contributed by atoms with Gasteiger partial charge in [0.1, 0.15) is 0 Å². The minimum absolute atomic E-state index is 0.534. The van der Waals surface area contributed by atoms with E-state index in [2.05, 4.69) is 43.2 Å². The Balaban J connectivity index is 2.54. The highest BCUT2D eigenvalue weighted by atomic mass is 15.4. The first kappa shape index (κ1) is 9.96. The predicted octanol–water partition coefficient (Wildman–Crippen LogP) is 0.787. The maximum Gasteiger partial charge on any atom is 0.0643 e. The van der Waals surface area contributed by atoms with Gasteiger partial charge >= 0.3 is 0 Å². The van der Waals surface area contributed by atoms with Gasteiger partial charge in [-0.15, -0.1) is 0 Å². The van der Waals surface area contributed by atoms with Gasteiger partial charge in [0.2, 0.25) is 0 Å². The molecule has 1 atom stereocenters. The van der Waals surface area contributed by atoms with Gasteiger partial charge in [-0.1, -0.05) is 13.8 Å². The molecule has 1 aliphatic rings. The number of hydrogen-bond donors (Lipinski definition) is 2. The third-order valence-corrected chi connectivity index (χ3v) is 2.38. The Morgan fingerprint density at radius 3 is 2.33 bits per heavy atom. The number of nitrogens with one attached hydrogen (secondary N) is 2. The van der Waals surface area contributed by atoms with E-state index in [1.54, 1.807) is 0 Å². The summed E-state index contributed by atoms with van der Waals surface area (Å²) in [6, 6.07) is 0.609. The lowest BCUT2D eigenvalue weighted by Gasteiger charge is -2.41. The lowest BCUT2D eigenvalue weighted by Crippen LogP contribution is -2.61. The van der Waals surface area contributed by atoms with E-state index in [-0.39, 0.29) is 0 Å². The van der Waals surface area contributed by atoms with E-state index in [1.165, 1.54) is 0 Å². The monoisotopic (exact) mass is 171 g/mol. The number of hydrogen-bond acceptors (Lipinski definition) is 3. The van der Waals surface area contributed by atoms with Gasteiger partial charge in [-0.2, -0.15) is 0 Å². The van der Waals surface area contributed by atoms with Crippen LogP contribution in [0.25, 0.3) is 0 Å². The van der Waals surface area contributed by atoms with Crippen molar-refractivity contribution in [2.24, 2.45) is 5.92 Å². The smallest absolute Gasteiger partial charge is 0.0643 e. The van der Waals surface area contributed by atoms with Gasteiger partial charge in [-0.3, -0.25) is 15.5 Å². The topological polar surface area (TPSA) is 27.3 Å². The highest BCUT2D eigenvalue weighted by molar-refractivity contribution is 4.77. The molecule has 0 aromatic heterocycles. The van der Waals surface area contributed by atoms with Crippen LogP contribution in [-0.4, -0.2) is 30.4 Å². The summed E-state index contributed by atoms with van der Waals surface area (Å²) >= 11 is 0. The van der Waals surface area contributed by atoms with Crippen molar-refractivity contribution in [3.05, 3.63) is 0 Å².